The second-order valence-corrected chi connectivity index (χ2v) is 5.28. The van der Waals surface area contributed by atoms with Crippen molar-refractivity contribution in [2.24, 2.45) is 0 Å². The maximum absolute atomic E-state index is 13.9. The highest BCUT2D eigenvalue weighted by Gasteiger charge is 2.25. The van der Waals surface area contributed by atoms with E-state index in [-0.39, 0.29) is 5.82 Å². The van der Waals surface area contributed by atoms with Gasteiger partial charge in [-0.2, -0.15) is 0 Å². The lowest BCUT2D eigenvalue weighted by Crippen LogP contribution is -2.51. The van der Waals surface area contributed by atoms with Gasteiger partial charge in [0.25, 0.3) is 0 Å². The fourth-order valence-corrected chi connectivity index (χ4v) is 2.49. The zero-order valence-corrected chi connectivity index (χ0v) is 12.4. The Labute approximate surface area is 123 Å². The fourth-order valence-electron chi connectivity index (χ4n) is 2.49. The molecule has 1 aliphatic rings. The van der Waals surface area contributed by atoms with Crippen LogP contribution in [0.5, 0.6) is 5.75 Å². The van der Waals surface area contributed by atoms with Crippen molar-refractivity contribution >= 4 is 5.97 Å². The van der Waals surface area contributed by atoms with E-state index in [2.05, 4.69) is 4.90 Å². The summed E-state index contributed by atoms with van der Waals surface area (Å²) in [4.78, 5) is 15.0. The van der Waals surface area contributed by atoms with Gasteiger partial charge in [0.05, 0.1) is 7.11 Å². The summed E-state index contributed by atoms with van der Waals surface area (Å²) in [5, 5.41) is 9.00. The lowest BCUT2D eigenvalue weighted by molar-refractivity contribution is -0.143. The Hall–Kier alpha value is -1.66. The summed E-state index contributed by atoms with van der Waals surface area (Å²) in [6.45, 7) is 5.08. The number of methoxy groups -OCH3 is 1. The van der Waals surface area contributed by atoms with Gasteiger partial charge in [-0.1, -0.05) is 6.07 Å². The summed E-state index contributed by atoms with van der Waals surface area (Å²) in [7, 11) is 1.51. The van der Waals surface area contributed by atoms with Crippen LogP contribution < -0.4 is 4.74 Å². The van der Waals surface area contributed by atoms with Crippen molar-refractivity contribution in [1.82, 2.24) is 9.80 Å². The molecular formula is C15H21FN2O3. The van der Waals surface area contributed by atoms with Gasteiger partial charge in [0.1, 0.15) is 17.6 Å². The molecule has 0 aliphatic carbocycles. The number of hydrogen-bond donors (Lipinski definition) is 1. The van der Waals surface area contributed by atoms with Gasteiger partial charge >= 0.3 is 5.97 Å². The van der Waals surface area contributed by atoms with Crippen molar-refractivity contribution in [2.75, 3.05) is 33.3 Å². The van der Waals surface area contributed by atoms with Gasteiger partial charge in [-0.05, 0) is 13.0 Å². The third-order valence-corrected chi connectivity index (χ3v) is 3.97. The van der Waals surface area contributed by atoms with Gasteiger partial charge in [0, 0.05) is 44.4 Å². The first kappa shape index (κ1) is 15.7. The Balaban J connectivity index is 1.90. The van der Waals surface area contributed by atoms with Crippen LogP contribution in [0.3, 0.4) is 0 Å². The third kappa shape index (κ3) is 3.92. The van der Waals surface area contributed by atoms with Crippen LogP contribution in [0.15, 0.2) is 18.2 Å². The Bertz CT molecular complexity index is 502. The minimum absolute atomic E-state index is 0.268. The molecule has 1 fully saturated rings. The molecule has 1 N–H and O–H groups in total. The molecule has 0 bridgehead atoms. The van der Waals surface area contributed by atoms with E-state index >= 15 is 0 Å². The van der Waals surface area contributed by atoms with Gasteiger partial charge in [0.2, 0.25) is 0 Å². The number of nitrogens with zero attached hydrogens (tertiary/aromatic N) is 2. The average molecular weight is 296 g/mol. The van der Waals surface area contributed by atoms with Crippen LogP contribution in [0.2, 0.25) is 0 Å². The number of carboxylic acid groups (broad SMARTS) is 1. The minimum Gasteiger partial charge on any atom is -0.497 e. The maximum Gasteiger partial charge on any atom is 0.320 e. The summed E-state index contributed by atoms with van der Waals surface area (Å²) in [5.74, 6) is -0.559. The topological polar surface area (TPSA) is 53.0 Å². The Morgan fingerprint density at radius 2 is 2.05 bits per heavy atom. The molecule has 1 unspecified atom stereocenters. The molecule has 1 aromatic carbocycles. The van der Waals surface area contributed by atoms with Crippen molar-refractivity contribution in [3.8, 4) is 5.75 Å². The number of halogens is 1. The highest BCUT2D eigenvalue weighted by molar-refractivity contribution is 5.72. The average Bonchev–Trinajstić information content (AvgIpc) is 2.49. The smallest absolute Gasteiger partial charge is 0.320 e. The predicted molar refractivity (Wildman–Crippen MR) is 76.9 cm³/mol. The zero-order valence-electron chi connectivity index (χ0n) is 12.4. The van der Waals surface area contributed by atoms with E-state index in [4.69, 9.17) is 9.84 Å². The number of aliphatic carboxylic acids is 1. The third-order valence-electron chi connectivity index (χ3n) is 3.97. The number of carbonyl (C=O) groups is 1. The van der Waals surface area contributed by atoms with E-state index in [9.17, 15) is 9.18 Å². The summed E-state index contributed by atoms with van der Waals surface area (Å²) >= 11 is 0. The number of benzene rings is 1. The van der Waals surface area contributed by atoms with Crippen molar-refractivity contribution in [2.45, 2.75) is 19.5 Å². The lowest BCUT2D eigenvalue weighted by atomic mass is 10.1. The van der Waals surface area contributed by atoms with Crippen molar-refractivity contribution in [1.29, 1.82) is 0 Å². The molecule has 21 heavy (non-hydrogen) atoms. The van der Waals surface area contributed by atoms with Crippen LogP contribution in [-0.4, -0.2) is 60.2 Å². The van der Waals surface area contributed by atoms with E-state index in [1.54, 1.807) is 19.1 Å². The second-order valence-electron chi connectivity index (χ2n) is 5.28. The molecule has 0 aromatic heterocycles. The van der Waals surface area contributed by atoms with Crippen LogP contribution in [0.1, 0.15) is 12.5 Å². The number of hydrogen-bond acceptors (Lipinski definition) is 4. The van der Waals surface area contributed by atoms with E-state index in [0.717, 1.165) is 13.1 Å². The van der Waals surface area contributed by atoms with Gasteiger partial charge in [-0.3, -0.25) is 14.6 Å². The van der Waals surface area contributed by atoms with Crippen LogP contribution >= 0.6 is 0 Å². The van der Waals surface area contributed by atoms with Crippen LogP contribution in [0.4, 0.5) is 4.39 Å². The molecule has 6 heteroatoms. The van der Waals surface area contributed by atoms with E-state index in [1.165, 1.54) is 13.2 Å². The van der Waals surface area contributed by atoms with Gasteiger partial charge in [-0.15, -0.1) is 0 Å². The molecule has 0 spiro atoms. The molecular weight excluding hydrogens is 275 g/mol. The van der Waals surface area contributed by atoms with E-state index in [1.807, 2.05) is 4.90 Å². The summed E-state index contributed by atoms with van der Waals surface area (Å²) in [5.41, 5.74) is 0.635. The van der Waals surface area contributed by atoms with E-state index < -0.39 is 12.0 Å². The quantitative estimate of drug-likeness (QED) is 0.891. The molecule has 116 valence electrons. The predicted octanol–water partition coefficient (Wildman–Crippen LogP) is 1.43. The van der Waals surface area contributed by atoms with Crippen LogP contribution in [0, 0.1) is 5.82 Å². The summed E-state index contributed by atoms with van der Waals surface area (Å²) < 4.78 is 18.9. The molecule has 1 aromatic rings. The first-order chi connectivity index (χ1) is 10.0. The SMILES string of the molecule is COc1ccc(CN2CCN(C(C)C(=O)O)CC2)c(F)c1. The zero-order chi connectivity index (χ0) is 15.4. The molecule has 1 atom stereocenters. The lowest BCUT2D eigenvalue weighted by Gasteiger charge is -2.36. The summed E-state index contributed by atoms with van der Waals surface area (Å²) in [6.07, 6.45) is 0. The van der Waals surface area contributed by atoms with Crippen molar-refractivity contribution in [3.63, 3.8) is 0 Å². The first-order valence-corrected chi connectivity index (χ1v) is 7.03. The number of carboxylic acids is 1. The monoisotopic (exact) mass is 296 g/mol. The number of ether oxygens (including phenoxy) is 1. The highest BCUT2D eigenvalue weighted by atomic mass is 19.1. The second kappa shape index (κ2) is 6.87. The van der Waals surface area contributed by atoms with Gasteiger partial charge in [-0.25, -0.2) is 4.39 Å². The highest BCUT2D eigenvalue weighted by Crippen LogP contribution is 2.18. The van der Waals surface area contributed by atoms with Crippen LogP contribution in [-0.2, 0) is 11.3 Å². The Kier molecular flexibility index (Phi) is 5.14. The molecule has 0 amide bonds. The van der Waals surface area contributed by atoms with Crippen molar-refractivity contribution in [3.05, 3.63) is 29.6 Å². The maximum atomic E-state index is 13.9. The number of piperazine rings is 1. The van der Waals surface area contributed by atoms with Crippen LogP contribution in [0.25, 0.3) is 0 Å². The molecule has 0 saturated carbocycles. The fraction of sp³-hybridized carbons (Fsp3) is 0.533. The molecule has 0 radical (unpaired) electrons. The Morgan fingerprint density at radius 1 is 1.38 bits per heavy atom. The largest absolute Gasteiger partial charge is 0.497 e. The number of rotatable bonds is 5. The van der Waals surface area contributed by atoms with E-state index in [0.29, 0.717) is 30.9 Å². The normalized spacial score (nSPS) is 18.4. The molecule has 1 aliphatic heterocycles. The minimum atomic E-state index is -0.801. The first-order valence-electron chi connectivity index (χ1n) is 7.03. The van der Waals surface area contributed by atoms with Crippen molar-refractivity contribution < 1.29 is 19.0 Å². The molecule has 1 saturated heterocycles. The Morgan fingerprint density at radius 3 is 2.57 bits per heavy atom. The molecule has 2 rings (SSSR count). The molecule has 1 heterocycles. The van der Waals surface area contributed by atoms with Gasteiger partial charge < -0.3 is 9.84 Å². The molecule has 5 nitrogen and oxygen atoms in total. The summed E-state index contributed by atoms with van der Waals surface area (Å²) in [6, 6.07) is 4.41. The van der Waals surface area contributed by atoms with Gasteiger partial charge in [0.15, 0.2) is 0 Å². The standard InChI is InChI=1S/C15H21FN2O3/c1-11(15(19)20)18-7-5-17(6-8-18)10-12-3-4-13(21-2)9-14(12)16/h3-4,9,11H,5-8,10H2,1-2H3,(H,19,20).